The largest absolute Gasteiger partial charge is 0.379 e. The topological polar surface area (TPSA) is 30.5 Å². The lowest BCUT2D eigenvalue weighted by Gasteiger charge is -2.11. The molecule has 0 aromatic heterocycles. The minimum atomic E-state index is 0.492. The monoisotopic (exact) mass is 229 g/mol. The zero-order chi connectivity index (χ0) is 12.4. The number of ether oxygens (including phenoxy) is 2. The smallest absolute Gasteiger partial charge is 0.0704 e. The second-order valence-corrected chi connectivity index (χ2v) is 4.81. The van der Waals surface area contributed by atoms with E-state index in [0.29, 0.717) is 31.8 Å². The molecule has 0 rings (SSSR count). The van der Waals surface area contributed by atoms with E-state index in [4.69, 9.17) is 9.47 Å². The molecule has 0 unspecified atom stereocenters. The van der Waals surface area contributed by atoms with Crippen LogP contribution in [0.2, 0.25) is 0 Å². The van der Waals surface area contributed by atoms with Crippen LogP contribution in [0.25, 0.3) is 0 Å². The van der Waals surface area contributed by atoms with E-state index < -0.39 is 0 Å². The third-order valence-corrected chi connectivity index (χ3v) is 1.89. The van der Waals surface area contributed by atoms with Crippen LogP contribution < -0.4 is 5.32 Å². The lowest BCUT2D eigenvalue weighted by Crippen LogP contribution is -2.26. The van der Waals surface area contributed by atoms with Gasteiger partial charge in [-0.05, 0) is 11.5 Å². The van der Waals surface area contributed by atoms with Crippen molar-refractivity contribution in [1.82, 2.24) is 5.32 Å². The average molecular weight is 229 g/mol. The van der Waals surface area contributed by atoms with Crippen LogP contribution in [0, 0.1) is 5.92 Å². The minimum absolute atomic E-state index is 0.492. The summed E-state index contributed by atoms with van der Waals surface area (Å²) in [5.41, 5.74) is 1.08. The molecule has 0 saturated carbocycles. The van der Waals surface area contributed by atoms with E-state index in [0.717, 1.165) is 18.7 Å². The first-order chi connectivity index (χ1) is 7.52. The third kappa shape index (κ3) is 11.7. The van der Waals surface area contributed by atoms with Crippen LogP contribution in [-0.2, 0) is 9.47 Å². The van der Waals surface area contributed by atoms with Crippen molar-refractivity contribution in [3.05, 3.63) is 12.2 Å². The first kappa shape index (κ1) is 15.6. The van der Waals surface area contributed by atoms with E-state index in [1.165, 1.54) is 0 Å². The third-order valence-electron chi connectivity index (χ3n) is 1.89. The average Bonchev–Trinajstić information content (AvgIpc) is 2.19. The molecule has 0 aliphatic carbocycles. The van der Waals surface area contributed by atoms with Crippen LogP contribution in [0.4, 0.5) is 0 Å². The molecule has 0 saturated heterocycles. The molecule has 96 valence electrons. The van der Waals surface area contributed by atoms with Crippen molar-refractivity contribution < 1.29 is 9.47 Å². The van der Waals surface area contributed by atoms with Gasteiger partial charge in [-0.15, -0.1) is 0 Å². The minimum Gasteiger partial charge on any atom is -0.379 e. The van der Waals surface area contributed by atoms with Crippen molar-refractivity contribution in [3.8, 4) is 0 Å². The van der Waals surface area contributed by atoms with Gasteiger partial charge >= 0.3 is 0 Å². The van der Waals surface area contributed by atoms with Crippen LogP contribution in [0.15, 0.2) is 12.2 Å². The molecule has 3 nitrogen and oxygen atoms in total. The Balaban J connectivity index is 3.21. The second kappa shape index (κ2) is 9.82. The molecule has 0 amide bonds. The van der Waals surface area contributed by atoms with E-state index in [-0.39, 0.29) is 0 Å². The van der Waals surface area contributed by atoms with Gasteiger partial charge < -0.3 is 14.8 Å². The number of nitrogens with one attached hydrogen (secondary N) is 1. The van der Waals surface area contributed by atoms with Gasteiger partial charge in [0.05, 0.1) is 19.8 Å². The maximum Gasteiger partial charge on any atom is 0.0704 e. The fourth-order valence-electron chi connectivity index (χ4n) is 1.05. The van der Waals surface area contributed by atoms with Gasteiger partial charge in [0.15, 0.2) is 0 Å². The maximum atomic E-state index is 5.44. The molecule has 0 heterocycles. The van der Waals surface area contributed by atoms with Gasteiger partial charge in [0.1, 0.15) is 0 Å². The Bertz CT molecular complexity index is 179. The number of hydrogen-bond acceptors (Lipinski definition) is 3. The van der Waals surface area contributed by atoms with Gasteiger partial charge in [0, 0.05) is 19.2 Å². The molecule has 0 fully saturated rings. The van der Waals surface area contributed by atoms with Crippen LogP contribution in [0.3, 0.4) is 0 Å². The summed E-state index contributed by atoms with van der Waals surface area (Å²) >= 11 is 0. The first-order valence-electron chi connectivity index (χ1n) is 6.08. The Morgan fingerprint density at radius 2 is 1.75 bits per heavy atom. The van der Waals surface area contributed by atoms with Gasteiger partial charge in [-0.2, -0.15) is 0 Å². The Morgan fingerprint density at radius 1 is 1.12 bits per heavy atom. The molecule has 0 radical (unpaired) electrons. The van der Waals surface area contributed by atoms with Crippen molar-refractivity contribution in [2.45, 2.75) is 33.7 Å². The number of hydrogen-bond donors (Lipinski definition) is 1. The molecule has 0 bridgehead atoms. The van der Waals surface area contributed by atoms with Gasteiger partial charge in [-0.25, -0.2) is 0 Å². The molecule has 1 N–H and O–H groups in total. The molecule has 3 heteroatoms. The summed E-state index contributed by atoms with van der Waals surface area (Å²) in [5, 5.41) is 3.30. The molecular formula is C13H27NO2. The quantitative estimate of drug-likeness (QED) is 0.460. The number of rotatable bonds is 10. The van der Waals surface area contributed by atoms with E-state index in [2.05, 4.69) is 39.6 Å². The molecule has 0 aliphatic rings. The van der Waals surface area contributed by atoms with Crippen LogP contribution >= 0.6 is 0 Å². The summed E-state index contributed by atoms with van der Waals surface area (Å²) in [4.78, 5) is 0. The standard InChI is InChI=1S/C13H27NO2/c1-11(2)9-15-6-7-16-10-13(5)8-14-12(3)4/h11-12,14H,5-10H2,1-4H3. The SMILES string of the molecule is C=C(CNC(C)C)COCCOCC(C)C. The predicted molar refractivity (Wildman–Crippen MR) is 68.8 cm³/mol. The predicted octanol–water partition coefficient (Wildman–Crippen LogP) is 2.23. The van der Waals surface area contributed by atoms with Crippen molar-refractivity contribution in [3.63, 3.8) is 0 Å². The van der Waals surface area contributed by atoms with Crippen molar-refractivity contribution >= 4 is 0 Å². The van der Waals surface area contributed by atoms with Crippen LogP contribution in [-0.4, -0.2) is 39.0 Å². The molecule has 0 aromatic carbocycles. The molecule has 16 heavy (non-hydrogen) atoms. The normalized spacial score (nSPS) is 11.4. The highest BCUT2D eigenvalue weighted by Crippen LogP contribution is 1.94. The van der Waals surface area contributed by atoms with E-state index >= 15 is 0 Å². The summed E-state index contributed by atoms with van der Waals surface area (Å²) in [7, 11) is 0. The van der Waals surface area contributed by atoms with Crippen LogP contribution in [0.5, 0.6) is 0 Å². The van der Waals surface area contributed by atoms with Crippen LogP contribution in [0.1, 0.15) is 27.7 Å². The second-order valence-electron chi connectivity index (χ2n) is 4.81. The molecule has 0 aliphatic heterocycles. The summed E-state index contributed by atoms with van der Waals surface area (Å²) in [6, 6.07) is 0.492. The zero-order valence-electron chi connectivity index (χ0n) is 11.2. The van der Waals surface area contributed by atoms with Gasteiger partial charge in [0.2, 0.25) is 0 Å². The van der Waals surface area contributed by atoms with Gasteiger partial charge in [-0.1, -0.05) is 34.3 Å². The first-order valence-corrected chi connectivity index (χ1v) is 6.08. The van der Waals surface area contributed by atoms with Gasteiger partial charge in [0.25, 0.3) is 0 Å². The molecule has 0 atom stereocenters. The van der Waals surface area contributed by atoms with Crippen molar-refractivity contribution in [2.24, 2.45) is 5.92 Å². The fraction of sp³-hybridized carbons (Fsp3) is 0.846. The summed E-state index contributed by atoms with van der Waals surface area (Å²) in [5.74, 6) is 0.588. The molecular weight excluding hydrogens is 202 g/mol. The van der Waals surface area contributed by atoms with E-state index in [9.17, 15) is 0 Å². The highest BCUT2D eigenvalue weighted by molar-refractivity contribution is 4.97. The van der Waals surface area contributed by atoms with E-state index in [1.54, 1.807) is 0 Å². The fourth-order valence-corrected chi connectivity index (χ4v) is 1.05. The Labute approximate surface area is 100 Å². The zero-order valence-corrected chi connectivity index (χ0v) is 11.2. The molecule has 0 spiro atoms. The summed E-state index contributed by atoms with van der Waals surface area (Å²) < 4.78 is 10.8. The Morgan fingerprint density at radius 3 is 2.31 bits per heavy atom. The van der Waals surface area contributed by atoms with Crippen molar-refractivity contribution in [2.75, 3.05) is 33.0 Å². The highest BCUT2D eigenvalue weighted by atomic mass is 16.5. The van der Waals surface area contributed by atoms with Crippen molar-refractivity contribution in [1.29, 1.82) is 0 Å². The highest BCUT2D eigenvalue weighted by Gasteiger charge is 1.97. The lowest BCUT2D eigenvalue weighted by molar-refractivity contribution is 0.0447. The summed E-state index contributed by atoms with van der Waals surface area (Å²) in [6.07, 6.45) is 0. The lowest BCUT2D eigenvalue weighted by atomic mass is 10.2. The Hall–Kier alpha value is -0.380. The maximum absolute atomic E-state index is 5.44. The van der Waals surface area contributed by atoms with Gasteiger partial charge in [-0.3, -0.25) is 0 Å². The molecule has 0 aromatic rings. The van der Waals surface area contributed by atoms with E-state index in [1.807, 2.05) is 0 Å². The summed E-state index contributed by atoms with van der Waals surface area (Å²) in [6.45, 7) is 16.0. The Kier molecular flexibility index (Phi) is 9.59.